The summed E-state index contributed by atoms with van der Waals surface area (Å²) in [5, 5.41) is 10.1. The highest BCUT2D eigenvalue weighted by Gasteiger charge is 2.24. The van der Waals surface area contributed by atoms with Crippen molar-refractivity contribution in [2.45, 2.75) is 26.4 Å². The molecule has 1 N–H and O–H groups in total. The molecule has 0 atom stereocenters. The van der Waals surface area contributed by atoms with Gasteiger partial charge in [0.25, 0.3) is 0 Å². The largest absolute Gasteiger partial charge is 0.497 e. The van der Waals surface area contributed by atoms with Gasteiger partial charge in [0.1, 0.15) is 11.4 Å². The van der Waals surface area contributed by atoms with Gasteiger partial charge in [-0.25, -0.2) is 4.79 Å². The third-order valence-corrected chi connectivity index (χ3v) is 3.59. The summed E-state index contributed by atoms with van der Waals surface area (Å²) in [6.45, 7) is 5.67. The van der Waals surface area contributed by atoms with Gasteiger partial charge in [-0.1, -0.05) is 0 Å². The maximum atomic E-state index is 11.3. The minimum atomic E-state index is -0.973. The van der Waals surface area contributed by atoms with Crippen molar-refractivity contribution >= 4 is 27.4 Å². The Morgan fingerprint density at radius 2 is 2.00 bits per heavy atom. The fourth-order valence-electron chi connectivity index (χ4n) is 1.73. The fourth-order valence-corrected chi connectivity index (χ4v) is 2.68. The number of fused-ring (bicyclic) bond motifs is 1. The van der Waals surface area contributed by atoms with Crippen LogP contribution in [0.15, 0.2) is 18.2 Å². The quantitative estimate of drug-likeness (QED) is 0.929. The van der Waals surface area contributed by atoms with Crippen LogP contribution in [0.2, 0.25) is 0 Å². The first kappa shape index (κ1) is 13.7. The molecule has 0 aliphatic carbocycles. The average Bonchev–Trinajstić information content (AvgIpc) is 2.65. The number of rotatable bonds is 3. The molecule has 0 bridgehead atoms. The van der Waals surface area contributed by atoms with Crippen LogP contribution in [0.25, 0.3) is 10.1 Å². The Morgan fingerprint density at radius 3 is 2.53 bits per heavy atom. The zero-order valence-electron chi connectivity index (χ0n) is 11.3. The second kappa shape index (κ2) is 4.74. The van der Waals surface area contributed by atoms with E-state index in [9.17, 15) is 9.90 Å². The maximum Gasteiger partial charge on any atom is 0.349 e. The first-order valence-corrected chi connectivity index (χ1v) is 6.66. The van der Waals surface area contributed by atoms with Crippen molar-refractivity contribution in [2.24, 2.45) is 0 Å². The van der Waals surface area contributed by atoms with E-state index in [1.54, 1.807) is 13.2 Å². The Hall–Kier alpha value is -1.75. The molecule has 0 fully saturated rings. The van der Waals surface area contributed by atoms with E-state index in [1.165, 1.54) is 11.3 Å². The summed E-state index contributed by atoms with van der Waals surface area (Å²) in [5.41, 5.74) is -0.457. The zero-order chi connectivity index (χ0) is 14.2. The molecule has 102 valence electrons. The summed E-state index contributed by atoms with van der Waals surface area (Å²) >= 11 is 1.21. The van der Waals surface area contributed by atoms with Crippen molar-refractivity contribution in [3.63, 3.8) is 0 Å². The number of aromatic carboxylic acids is 1. The van der Waals surface area contributed by atoms with Crippen molar-refractivity contribution in [2.75, 3.05) is 7.11 Å². The molecule has 1 heterocycles. The molecule has 5 heteroatoms. The second-order valence-corrected chi connectivity index (χ2v) is 6.19. The molecular formula is C14H16O4S. The maximum absolute atomic E-state index is 11.3. The van der Waals surface area contributed by atoms with E-state index in [-0.39, 0.29) is 4.88 Å². The minimum absolute atomic E-state index is 0.221. The van der Waals surface area contributed by atoms with Gasteiger partial charge in [-0.15, -0.1) is 11.3 Å². The molecule has 0 unspecified atom stereocenters. The van der Waals surface area contributed by atoms with Gasteiger partial charge in [0.15, 0.2) is 10.6 Å². The molecule has 0 spiro atoms. The van der Waals surface area contributed by atoms with Gasteiger partial charge in [-0.2, -0.15) is 0 Å². The number of carboxylic acid groups (broad SMARTS) is 1. The van der Waals surface area contributed by atoms with Crippen molar-refractivity contribution in [3.05, 3.63) is 23.1 Å². The topological polar surface area (TPSA) is 55.8 Å². The molecule has 0 saturated carbocycles. The summed E-state index contributed by atoms with van der Waals surface area (Å²) in [7, 11) is 1.58. The van der Waals surface area contributed by atoms with E-state index in [4.69, 9.17) is 9.47 Å². The van der Waals surface area contributed by atoms with Crippen LogP contribution in [0.5, 0.6) is 11.5 Å². The van der Waals surface area contributed by atoms with Crippen LogP contribution in [-0.2, 0) is 0 Å². The van der Waals surface area contributed by atoms with Crippen molar-refractivity contribution in [1.82, 2.24) is 0 Å². The Balaban J connectivity index is 2.67. The predicted molar refractivity (Wildman–Crippen MR) is 75.7 cm³/mol. The highest BCUT2D eigenvalue weighted by atomic mass is 32.1. The van der Waals surface area contributed by atoms with Crippen LogP contribution in [0.4, 0.5) is 0 Å². The Kier molecular flexibility index (Phi) is 3.41. The molecule has 2 rings (SSSR count). The fraction of sp³-hybridized carbons (Fsp3) is 0.357. The van der Waals surface area contributed by atoms with Crippen LogP contribution in [0, 0.1) is 0 Å². The number of carboxylic acids is 1. The lowest BCUT2D eigenvalue weighted by molar-refractivity contribution is 0.0689. The molecule has 0 radical (unpaired) electrons. The van der Waals surface area contributed by atoms with E-state index in [2.05, 4.69) is 0 Å². The van der Waals surface area contributed by atoms with E-state index < -0.39 is 11.6 Å². The number of benzene rings is 1. The van der Waals surface area contributed by atoms with Gasteiger partial charge >= 0.3 is 5.97 Å². The third-order valence-electron chi connectivity index (χ3n) is 2.45. The smallest absolute Gasteiger partial charge is 0.349 e. The van der Waals surface area contributed by atoms with Crippen LogP contribution in [0.1, 0.15) is 30.4 Å². The van der Waals surface area contributed by atoms with Gasteiger partial charge in [0, 0.05) is 10.1 Å². The van der Waals surface area contributed by atoms with Gasteiger partial charge in [-0.3, -0.25) is 0 Å². The lowest BCUT2D eigenvalue weighted by atomic mass is 10.1. The summed E-state index contributed by atoms with van der Waals surface area (Å²) in [5.74, 6) is 0.124. The molecule has 0 saturated heterocycles. The molecule has 1 aromatic heterocycles. The Bertz CT molecular complexity index is 622. The summed E-state index contributed by atoms with van der Waals surface area (Å²) in [6.07, 6.45) is 0. The average molecular weight is 280 g/mol. The van der Waals surface area contributed by atoms with Crippen LogP contribution in [-0.4, -0.2) is 23.8 Å². The third kappa shape index (κ3) is 2.81. The number of hydrogen-bond donors (Lipinski definition) is 1. The van der Waals surface area contributed by atoms with E-state index in [0.717, 1.165) is 10.1 Å². The molecule has 0 aliphatic heterocycles. The van der Waals surface area contributed by atoms with Crippen molar-refractivity contribution < 1.29 is 19.4 Å². The molecular weight excluding hydrogens is 264 g/mol. The monoisotopic (exact) mass is 280 g/mol. The van der Waals surface area contributed by atoms with E-state index in [1.807, 2.05) is 32.9 Å². The highest BCUT2D eigenvalue weighted by Crippen LogP contribution is 2.41. The Morgan fingerprint density at radius 1 is 1.32 bits per heavy atom. The molecule has 1 aromatic carbocycles. The molecule has 4 nitrogen and oxygen atoms in total. The van der Waals surface area contributed by atoms with Gasteiger partial charge in [0.05, 0.1) is 7.11 Å². The zero-order valence-corrected chi connectivity index (χ0v) is 12.1. The first-order chi connectivity index (χ1) is 8.81. The SMILES string of the molecule is COc1ccc2sc(C(=O)O)c(OC(C)(C)C)c2c1. The van der Waals surface area contributed by atoms with Crippen molar-refractivity contribution in [3.8, 4) is 11.5 Å². The number of ether oxygens (including phenoxy) is 2. The van der Waals surface area contributed by atoms with Gasteiger partial charge in [0.2, 0.25) is 0 Å². The number of thiophene rings is 1. The lowest BCUT2D eigenvalue weighted by Crippen LogP contribution is -2.23. The summed E-state index contributed by atoms with van der Waals surface area (Å²) < 4.78 is 11.9. The standard InChI is InChI=1S/C14H16O4S/c1-14(2,3)18-11-9-7-8(17-4)5-6-10(9)19-12(11)13(15)16/h5-7H,1-4H3,(H,15,16). The van der Waals surface area contributed by atoms with E-state index in [0.29, 0.717) is 11.5 Å². The molecule has 0 amide bonds. The minimum Gasteiger partial charge on any atom is -0.497 e. The highest BCUT2D eigenvalue weighted by molar-refractivity contribution is 7.21. The Labute approximate surface area is 115 Å². The van der Waals surface area contributed by atoms with Gasteiger partial charge < -0.3 is 14.6 Å². The molecule has 2 aromatic rings. The van der Waals surface area contributed by atoms with Crippen LogP contribution >= 0.6 is 11.3 Å². The van der Waals surface area contributed by atoms with Crippen molar-refractivity contribution in [1.29, 1.82) is 0 Å². The van der Waals surface area contributed by atoms with Gasteiger partial charge in [-0.05, 0) is 39.0 Å². The van der Waals surface area contributed by atoms with E-state index >= 15 is 0 Å². The lowest BCUT2D eigenvalue weighted by Gasteiger charge is -2.21. The van der Waals surface area contributed by atoms with Crippen LogP contribution in [0.3, 0.4) is 0 Å². The summed E-state index contributed by atoms with van der Waals surface area (Å²) in [6, 6.07) is 5.46. The second-order valence-electron chi connectivity index (χ2n) is 5.14. The molecule has 0 aliphatic rings. The molecule has 19 heavy (non-hydrogen) atoms. The normalized spacial score (nSPS) is 11.6. The number of carbonyl (C=O) groups is 1. The first-order valence-electron chi connectivity index (χ1n) is 5.84. The number of methoxy groups -OCH3 is 1. The predicted octanol–water partition coefficient (Wildman–Crippen LogP) is 3.79. The summed E-state index contributed by atoms with van der Waals surface area (Å²) in [4.78, 5) is 11.6. The van der Waals surface area contributed by atoms with Crippen LogP contribution < -0.4 is 9.47 Å². The number of hydrogen-bond acceptors (Lipinski definition) is 4.